The third-order valence-electron chi connectivity index (χ3n) is 15.4. The van der Waals surface area contributed by atoms with Gasteiger partial charge in [-0.05, 0) is 257 Å². The number of fused-ring (bicyclic) bond motifs is 4. The molecule has 4 nitrogen and oxygen atoms in total. The molecule has 1 aromatic heterocycles. The van der Waals surface area contributed by atoms with E-state index in [0.29, 0.717) is 5.56 Å². The summed E-state index contributed by atoms with van der Waals surface area (Å²) in [6, 6.07) is 11.4. The van der Waals surface area contributed by atoms with Gasteiger partial charge < -0.3 is 9.80 Å². The molecule has 2 aliphatic heterocycles. The molecule has 0 spiro atoms. The Kier molecular flexibility index (Phi) is 9.28. The fourth-order valence-corrected chi connectivity index (χ4v) is 10.4. The minimum atomic E-state index is 0.652. The molecule has 0 atom stereocenters. The molecule has 0 amide bonds. The van der Waals surface area contributed by atoms with Gasteiger partial charge in [0.15, 0.2) is 0 Å². The second-order valence-corrected chi connectivity index (χ2v) is 17.6. The summed E-state index contributed by atoms with van der Waals surface area (Å²) < 4.78 is 0. The maximum absolute atomic E-state index is 11.6. The van der Waals surface area contributed by atoms with Crippen molar-refractivity contribution in [1.29, 1.82) is 5.26 Å². The number of aromatic nitrogens is 1. The van der Waals surface area contributed by atoms with Crippen molar-refractivity contribution in [2.24, 2.45) is 0 Å². The molecule has 0 N–H and O–H groups in total. The van der Waals surface area contributed by atoms with E-state index in [2.05, 4.69) is 156 Å². The number of nitrogens with zero attached hydrogens (tertiary/aromatic N) is 4. The van der Waals surface area contributed by atoms with Crippen LogP contribution in [0.15, 0.2) is 36.7 Å². The number of anilines is 6. The number of benzene rings is 5. The Morgan fingerprint density at radius 2 is 0.724 bits per heavy atom. The molecule has 6 aromatic rings. The van der Waals surface area contributed by atoms with Crippen LogP contribution < -0.4 is 9.80 Å². The molecule has 0 saturated carbocycles. The van der Waals surface area contributed by atoms with E-state index < -0.39 is 0 Å². The lowest BCUT2D eigenvalue weighted by Gasteiger charge is -2.44. The Bertz CT molecular complexity index is 2710. The lowest BCUT2D eigenvalue weighted by molar-refractivity contribution is 0.981. The number of rotatable bonds is 3. The Balaban J connectivity index is 1.65. The largest absolute Gasteiger partial charge is 0.307 e. The first-order valence-corrected chi connectivity index (χ1v) is 20.9. The maximum atomic E-state index is 11.6. The van der Waals surface area contributed by atoms with E-state index in [1.165, 1.54) is 134 Å². The highest BCUT2D eigenvalue weighted by Gasteiger charge is 2.39. The van der Waals surface area contributed by atoms with Crippen LogP contribution in [0.1, 0.15) is 117 Å². The highest BCUT2D eigenvalue weighted by Crippen LogP contribution is 2.59. The van der Waals surface area contributed by atoms with Crippen LogP contribution in [-0.2, 0) is 12.8 Å². The summed E-state index contributed by atoms with van der Waals surface area (Å²) in [7, 11) is 0. The fourth-order valence-electron chi connectivity index (χ4n) is 10.4. The van der Waals surface area contributed by atoms with Crippen LogP contribution in [0.3, 0.4) is 0 Å². The van der Waals surface area contributed by atoms with Gasteiger partial charge in [0, 0.05) is 25.2 Å². The molecule has 2 aliphatic rings. The molecule has 0 fully saturated rings. The quantitative estimate of drug-likeness (QED) is 0.180. The number of hydrogen-bond donors (Lipinski definition) is 0. The van der Waals surface area contributed by atoms with Crippen molar-refractivity contribution in [3.05, 3.63) is 153 Å². The Hall–Kier alpha value is -5.66. The lowest BCUT2D eigenvalue weighted by Crippen LogP contribution is -2.29. The van der Waals surface area contributed by atoms with Crippen LogP contribution in [0.5, 0.6) is 0 Å². The summed E-state index contributed by atoms with van der Waals surface area (Å²) >= 11 is 0. The third kappa shape index (κ3) is 5.28. The van der Waals surface area contributed by atoms with Crippen LogP contribution in [0.2, 0.25) is 0 Å². The van der Waals surface area contributed by atoms with Crippen molar-refractivity contribution in [2.75, 3.05) is 9.80 Å². The Morgan fingerprint density at radius 3 is 1.07 bits per heavy atom. The number of nitriles is 1. The zero-order valence-electron chi connectivity index (χ0n) is 37.7. The summed E-state index contributed by atoms with van der Waals surface area (Å²) in [5, 5.41) is 11.6. The van der Waals surface area contributed by atoms with Crippen molar-refractivity contribution < 1.29 is 0 Å². The molecule has 5 aromatic carbocycles. The SMILES string of the molecule is Cc1c(C)c(C)c2c(c1C)Cc1c(C)c(C)c(C)c(C)c1N2c1cc(-c2ccncc2)cc(C#N)c1N1c2c(C)c(C)c(C)c(C)c2Cc2c(C)c(C)c(C)c(C)c21. The van der Waals surface area contributed by atoms with E-state index in [1.54, 1.807) is 0 Å². The molecule has 0 aliphatic carbocycles. The first-order chi connectivity index (χ1) is 27.4. The van der Waals surface area contributed by atoms with Crippen molar-refractivity contribution in [2.45, 2.75) is 124 Å². The lowest BCUT2D eigenvalue weighted by atomic mass is 9.79. The average Bonchev–Trinajstić information content (AvgIpc) is 3.24. The van der Waals surface area contributed by atoms with Gasteiger partial charge in [0.05, 0.1) is 39.7 Å². The predicted octanol–water partition coefficient (Wildman–Crippen LogP) is 14.3. The van der Waals surface area contributed by atoms with Crippen molar-refractivity contribution in [1.82, 2.24) is 4.98 Å². The molecule has 4 heteroatoms. The van der Waals surface area contributed by atoms with Crippen LogP contribution in [0.25, 0.3) is 11.1 Å². The third-order valence-corrected chi connectivity index (χ3v) is 15.4. The van der Waals surface area contributed by atoms with E-state index in [1.807, 2.05) is 12.4 Å². The van der Waals surface area contributed by atoms with Crippen LogP contribution in [0.4, 0.5) is 34.1 Å². The van der Waals surface area contributed by atoms with Gasteiger partial charge in [-0.1, -0.05) is 0 Å². The Labute approximate surface area is 347 Å². The second kappa shape index (κ2) is 13.7. The zero-order chi connectivity index (χ0) is 42.0. The molecular weight excluding hydrogens is 705 g/mol. The first-order valence-electron chi connectivity index (χ1n) is 20.9. The zero-order valence-corrected chi connectivity index (χ0v) is 37.7. The molecular formula is C54H58N4. The van der Waals surface area contributed by atoms with Gasteiger partial charge >= 0.3 is 0 Å². The van der Waals surface area contributed by atoms with Gasteiger partial charge in [-0.2, -0.15) is 5.26 Å². The normalized spacial score (nSPS) is 12.9. The average molecular weight is 763 g/mol. The van der Waals surface area contributed by atoms with Crippen molar-refractivity contribution in [3.63, 3.8) is 0 Å². The maximum Gasteiger partial charge on any atom is 0.101 e. The molecule has 0 saturated heterocycles. The smallest absolute Gasteiger partial charge is 0.101 e. The van der Waals surface area contributed by atoms with Gasteiger partial charge in [0.25, 0.3) is 0 Å². The minimum Gasteiger partial charge on any atom is -0.307 e. The van der Waals surface area contributed by atoms with Gasteiger partial charge in [-0.25, -0.2) is 0 Å². The van der Waals surface area contributed by atoms with E-state index in [-0.39, 0.29) is 0 Å². The van der Waals surface area contributed by atoms with Gasteiger partial charge in [0.2, 0.25) is 0 Å². The van der Waals surface area contributed by atoms with Crippen LogP contribution >= 0.6 is 0 Å². The van der Waals surface area contributed by atoms with Gasteiger partial charge in [0.1, 0.15) is 6.07 Å². The summed E-state index contributed by atoms with van der Waals surface area (Å²) in [6.07, 6.45) is 5.44. The first kappa shape index (κ1) is 39.2. The van der Waals surface area contributed by atoms with Crippen molar-refractivity contribution in [3.8, 4) is 17.2 Å². The molecule has 0 bridgehead atoms. The summed E-state index contributed by atoms with van der Waals surface area (Å²) in [4.78, 5) is 9.53. The van der Waals surface area contributed by atoms with Crippen molar-refractivity contribution >= 4 is 34.1 Å². The van der Waals surface area contributed by atoms with E-state index >= 15 is 0 Å². The Morgan fingerprint density at radius 1 is 0.397 bits per heavy atom. The second-order valence-electron chi connectivity index (χ2n) is 17.6. The van der Waals surface area contributed by atoms with Gasteiger partial charge in [-0.3, -0.25) is 4.98 Å². The summed E-state index contributed by atoms with van der Waals surface area (Å²) in [5.41, 5.74) is 36.1. The predicted molar refractivity (Wildman–Crippen MR) is 245 cm³/mol. The molecule has 3 heterocycles. The minimum absolute atomic E-state index is 0.652. The van der Waals surface area contributed by atoms with E-state index in [9.17, 15) is 5.26 Å². The monoisotopic (exact) mass is 762 g/mol. The molecule has 0 radical (unpaired) electrons. The van der Waals surface area contributed by atoms with E-state index in [0.717, 1.165) is 35.3 Å². The molecule has 0 unspecified atom stereocenters. The van der Waals surface area contributed by atoms with Crippen LogP contribution in [0, 0.1) is 122 Å². The standard InChI is InChI=1S/C54H58N4/c1-26-30(5)38(13)50-45(34(26)9)23-46-35(10)27(2)31(6)39(14)51(46)57(50)49-22-43(42-17-19-56-20-18-42)21-44(25-55)54(49)58-52-40(15)32(7)28(3)36(11)47(52)24-48-37(12)29(4)33(8)41(16)53(48)58/h17-22H,23-24H2,1-16H3. The highest BCUT2D eigenvalue weighted by atomic mass is 15.2. The number of hydrogen-bond acceptors (Lipinski definition) is 4. The summed E-state index contributed by atoms with van der Waals surface area (Å²) in [6.45, 7) is 36.7. The van der Waals surface area contributed by atoms with Gasteiger partial charge in [-0.15, -0.1) is 0 Å². The molecule has 8 rings (SSSR count). The fraction of sp³-hybridized carbons (Fsp3) is 0.333. The molecule has 294 valence electrons. The number of pyridine rings is 1. The summed E-state index contributed by atoms with van der Waals surface area (Å²) in [5.74, 6) is 0. The highest BCUT2D eigenvalue weighted by molar-refractivity contribution is 6.02. The topological polar surface area (TPSA) is 43.2 Å². The van der Waals surface area contributed by atoms with E-state index in [4.69, 9.17) is 0 Å². The molecule has 58 heavy (non-hydrogen) atoms. The van der Waals surface area contributed by atoms with Crippen LogP contribution in [-0.4, -0.2) is 4.98 Å².